The Labute approximate surface area is 136 Å². The van der Waals surface area contributed by atoms with E-state index < -0.39 is 5.41 Å². The predicted molar refractivity (Wildman–Crippen MR) is 86.8 cm³/mol. The lowest BCUT2D eigenvalue weighted by molar-refractivity contribution is -0.140. The quantitative estimate of drug-likeness (QED) is 0.915. The van der Waals surface area contributed by atoms with Crippen molar-refractivity contribution in [1.82, 2.24) is 4.90 Å². The van der Waals surface area contributed by atoms with E-state index in [9.17, 15) is 9.59 Å². The molecule has 1 aromatic rings. The van der Waals surface area contributed by atoms with Gasteiger partial charge in [0.1, 0.15) is 0 Å². The molecule has 1 unspecified atom stereocenters. The molecule has 0 radical (unpaired) electrons. The van der Waals surface area contributed by atoms with Gasteiger partial charge in [-0.25, -0.2) is 0 Å². The van der Waals surface area contributed by atoms with Crippen LogP contribution in [-0.4, -0.2) is 43.0 Å². The second kappa shape index (κ2) is 6.32. The number of hydrogen-bond donors (Lipinski definition) is 1. The van der Waals surface area contributed by atoms with E-state index in [4.69, 9.17) is 10.5 Å². The lowest BCUT2D eigenvalue weighted by Crippen LogP contribution is -2.49. The SMILES string of the molecule is Cc1ccccc1C1(C(=O)N2CCC(C(N)=O)C2)CCOCC1. The average Bonchev–Trinajstić information content (AvgIpc) is 3.05. The summed E-state index contributed by atoms with van der Waals surface area (Å²) in [6.45, 7) is 4.29. The van der Waals surface area contributed by atoms with Crippen LogP contribution in [0.15, 0.2) is 24.3 Å². The minimum Gasteiger partial charge on any atom is -0.381 e. The van der Waals surface area contributed by atoms with Crippen LogP contribution in [0.3, 0.4) is 0 Å². The maximum absolute atomic E-state index is 13.4. The number of nitrogens with two attached hydrogens (primary N) is 1. The van der Waals surface area contributed by atoms with Crippen LogP contribution in [-0.2, 0) is 19.7 Å². The van der Waals surface area contributed by atoms with Crippen LogP contribution < -0.4 is 5.73 Å². The van der Waals surface area contributed by atoms with Crippen molar-refractivity contribution in [3.05, 3.63) is 35.4 Å². The van der Waals surface area contributed by atoms with E-state index in [0.717, 1.165) is 11.1 Å². The molecule has 0 saturated carbocycles. The number of benzene rings is 1. The number of aryl methyl sites for hydroxylation is 1. The highest BCUT2D eigenvalue weighted by Crippen LogP contribution is 2.39. The average molecular weight is 316 g/mol. The van der Waals surface area contributed by atoms with E-state index in [1.54, 1.807) is 0 Å². The molecule has 1 atom stereocenters. The minimum atomic E-state index is -0.532. The Bertz CT molecular complexity index is 608. The Kier molecular flexibility index (Phi) is 4.39. The molecule has 2 N–H and O–H groups in total. The zero-order valence-corrected chi connectivity index (χ0v) is 13.6. The number of rotatable bonds is 3. The maximum Gasteiger partial charge on any atom is 0.233 e. The largest absolute Gasteiger partial charge is 0.381 e. The van der Waals surface area contributed by atoms with Gasteiger partial charge in [-0.3, -0.25) is 9.59 Å². The van der Waals surface area contributed by atoms with Crippen molar-refractivity contribution in [2.24, 2.45) is 11.7 Å². The fourth-order valence-corrected chi connectivity index (χ4v) is 3.91. The van der Waals surface area contributed by atoms with Crippen molar-refractivity contribution in [2.75, 3.05) is 26.3 Å². The van der Waals surface area contributed by atoms with E-state index in [1.807, 2.05) is 17.0 Å². The predicted octanol–water partition coefficient (Wildman–Crippen LogP) is 1.38. The second-order valence-corrected chi connectivity index (χ2v) is 6.65. The van der Waals surface area contributed by atoms with Gasteiger partial charge >= 0.3 is 0 Å². The lowest BCUT2D eigenvalue weighted by Gasteiger charge is -2.40. The van der Waals surface area contributed by atoms with Gasteiger partial charge < -0.3 is 15.4 Å². The Morgan fingerprint density at radius 3 is 2.57 bits per heavy atom. The van der Waals surface area contributed by atoms with Crippen molar-refractivity contribution < 1.29 is 14.3 Å². The van der Waals surface area contributed by atoms with E-state index >= 15 is 0 Å². The number of ether oxygens (including phenoxy) is 1. The number of carbonyl (C=O) groups is 2. The third-order valence-corrected chi connectivity index (χ3v) is 5.29. The molecular formula is C18H24N2O3. The summed E-state index contributed by atoms with van der Waals surface area (Å²) < 4.78 is 5.51. The van der Waals surface area contributed by atoms with Crippen molar-refractivity contribution in [3.63, 3.8) is 0 Å². The van der Waals surface area contributed by atoms with Crippen molar-refractivity contribution in [2.45, 2.75) is 31.6 Å². The summed E-state index contributed by atoms with van der Waals surface area (Å²) in [5.74, 6) is -0.399. The maximum atomic E-state index is 13.4. The highest BCUT2D eigenvalue weighted by Gasteiger charge is 2.46. The zero-order valence-electron chi connectivity index (χ0n) is 13.6. The topological polar surface area (TPSA) is 72.6 Å². The third-order valence-electron chi connectivity index (χ3n) is 5.29. The van der Waals surface area contributed by atoms with Crippen LogP contribution in [0.2, 0.25) is 0 Å². The van der Waals surface area contributed by atoms with Crippen molar-refractivity contribution >= 4 is 11.8 Å². The third kappa shape index (κ3) is 2.85. The number of nitrogens with zero attached hydrogens (tertiary/aromatic N) is 1. The normalized spacial score (nSPS) is 23.7. The Hall–Kier alpha value is -1.88. The Morgan fingerprint density at radius 1 is 1.26 bits per heavy atom. The number of primary amides is 1. The van der Waals surface area contributed by atoms with E-state index in [1.165, 1.54) is 0 Å². The van der Waals surface area contributed by atoms with Gasteiger partial charge in [-0.2, -0.15) is 0 Å². The van der Waals surface area contributed by atoms with Crippen LogP contribution in [0.4, 0.5) is 0 Å². The molecule has 124 valence electrons. The highest BCUT2D eigenvalue weighted by atomic mass is 16.5. The summed E-state index contributed by atoms with van der Waals surface area (Å²) in [4.78, 5) is 26.6. The number of hydrogen-bond acceptors (Lipinski definition) is 3. The van der Waals surface area contributed by atoms with E-state index in [2.05, 4.69) is 19.1 Å². The molecule has 5 heteroatoms. The molecule has 2 heterocycles. The summed E-state index contributed by atoms with van der Waals surface area (Å²) in [6, 6.07) is 8.09. The van der Waals surface area contributed by atoms with Crippen LogP contribution in [0.5, 0.6) is 0 Å². The molecule has 23 heavy (non-hydrogen) atoms. The van der Waals surface area contributed by atoms with Gasteiger partial charge in [0.2, 0.25) is 11.8 Å². The molecule has 2 aliphatic heterocycles. The molecule has 2 aliphatic rings. The fraction of sp³-hybridized carbons (Fsp3) is 0.556. The van der Waals surface area contributed by atoms with Crippen molar-refractivity contribution in [3.8, 4) is 0 Å². The standard InChI is InChI=1S/C18H24N2O3/c1-13-4-2-3-5-15(13)18(7-10-23-11-8-18)17(22)20-9-6-14(12-20)16(19)21/h2-5,14H,6-12H2,1H3,(H2,19,21). The molecule has 1 aromatic carbocycles. The molecule has 0 spiro atoms. The van der Waals surface area contributed by atoms with Gasteiger partial charge in [-0.05, 0) is 37.3 Å². The Morgan fingerprint density at radius 2 is 1.96 bits per heavy atom. The molecule has 2 saturated heterocycles. The summed E-state index contributed by atoms with van der Waals surface area (Å²) in [5.41, 5.74) is 7.10. The van der Waals surface area contributed by atoms with Crippen LogP contribution in [0.25, 0.3) is 0 Å². The van der Waals surface area contributed by atoms with E-state index in [-0.39, 0.29) is 17.7 Å². The molecule has 0 bridgehead atoms. The molecule has 2 fully saturated rings. The Balaban J connectivity index is 1.92. The summed E-state index contributed by atoms with van der Waals surface area (Å²) >= 11 is 0. The number of likely N-dealkylation sites (tertiary alicyclic amines) is 1. The lowest BCUT2D eigenvalue weighted by atomic mass is 9.71. The summed E-state index contributed by atoms with van der Waals surface area (Å²) in [7, 11) is 0. The van der Waals surface area contributed by atoms with Gasteiger partial charge in [-0.1, -0.05) is 24.3 Å². The summed E-state index contributed by atoms with van der Waals surface area (Å²) in [6.07, 6.45) is 2.05. The molecule has 5 nitrogen and oxygen atoms in total. The monoisotopic (exact) mass is 316 g/mol. The van der Waals surface area contributed by atoms with Gasteiger partial charge in [0.05, 0.1) is 11.3 Å². The van der Waals surface area contributed by atoms with Gasteiger partial charge in [-0.15, -0.1) is 0 Å². The molecule has 0 aromatic heterocycles. The second-order valence-electron chi connectivity index (χ2n) is 6.65. The van der Waals surface area contributed by atoms with Crippen LogP contribution in [0.1, 0.15) is 30.4 Å². The smallest absolute Gasteiger partial charge is 0.233 e. The summed E-state index contributed by atoms with van der Waals surface area (Å²) in [5, 5.41) is 0. The molecular weight excluding hydrogens is 292 g/mol. The van der Waals surface area contributed by atoms with Crippen LogP contribution >= 0.6 is 0 Å². The highest BCUT2D eigenvalue weighted by molar-refractivity contribution is 5.90. The van der Waals surface area contributed by atoms with Gasteiger partial charge in [0.15, 0.2) is 0 Å². The fourth-order valence-electron chi connectivity index (χ4n) is 3.91. The minimum absolute atomic E-state index is 0.124. The first kappa shape index (κ1) is 16.0. The molecule has 0 aliphatic carbocycles. The number of amides is 2. The number of carbonyl (C=O) groups excluding carboxylic acids is 2. The van der Waals surface area contributed by atoms with Crippen LogP contribution in [0, 0.1) is 12.8 Å². The van der Waals surface area contributed by atoms with Crippen molar-refractivity contribution in [1.29, 1.82) is 0 Å². The van der Waals surface area contributed by atoms with E-state index in [0.29, 0.717) is 45.6 Å². The molecule has 2 amide bonds. The first-order chi connectivity index (χ1) is 11.0. The first-order valence-electron chi connectivity index (χ1n) is 8.27. The first-order valence-corrected chi connectivity index (χ1v) is 8.27. The zero-order chi connectivity index (χ0) is 16.4. The van der Waals surface area contributed by atoms with Gasteiger partial charge in [0, 0.05) is 26.3 Å². The molecule has 3 rings (SSSR count). The van der Waals surface area contributed by atoms with Gasteiger partial charge in [0.25, 0.3) is 0 Å².